The van der Waals surface area contributed by atoms with E-state index in [0.717, 1.165) is 31.5 Å². The fourth-order valence-corrected chi connectivity index (χ4v) is 6.10. The van der Waals surface area contributed by atoms with Gasteiger partial charge in [0.15, 0.2) is 0 Å². The van der Waals surface area contributed by atoms with Crippen molar-refractivity contribution in [3.63, 3.8) is 0 Å². The summed E-state index contributed by atoms with van der Waals surface area (Å²) in [5.41, 5.74) is 3.07. The van der Waals surface area contributed by atoms with Gasteiger partial charge < -0.3 is 9.84 Å². The summed E-state index contributed by atoms with van der Waals surface area (Å²) in [5.74, 6) is 2.28. The van der Waals surface area contributed by atoms with Crippen molar-refractivity contribution >= 4 is 5.97 Å². The summed E-state index contributed by atoms with van der Waals surface area (Å²) in [6, 6.07) is 17.0. The standard InChI is InChI=1S/C27H33NO3/c1-18-26-23(16-28(18)15-19-8-3-2-4-9-19)24(26)17-31-25(29)14-21-12-7-13-22(27(21)30)20-10-5-6-11-20/h2-4,7-9,12-13,18,20,23-24,26,30H,5-6,10-11,14-17H2,1H3. The van der Waals surface area contributed by atoms with Crippen LogP contribution in [0.3, 0.4) is 0 Å². The summed E-state index contributed by atoms with van der Waals surface area (Å²) in [6.45, 7) is 4.91. The lowest BCUT2D eigenvalue weighted by Crippen LogP contribution is -2.32. The zero-order chi connectivity index (χ0) is 21.4. The monoisotopic (exact) mass is 419 g/mol. The fourth-order valence-electron chi connectivity index (χ4n) is 6.10. The Hall–Kier alpha value is -2.33. The van der Waals surface area contributed by atoms with Gasteiger partial charge >= 0.3 is 5.97 Å². The lowest BCUT2D eigenvalue weighted by atomic mass is 9.94. The molecule has 2 aliphatic carbocycles. The highest BCUT2D eigenvalue weighted by molar-refractivity contribution is 5.74. The summed E-state index contributed by atoms with van der Waals surface area (Å²) in [5, 5.41) is 10.7. The second-order valence-electron chi connectivity index (χ2n) is 9.76. The Morgan fingerprint density at radius 2 is 1.87 bits per heavy atom. The first kappa shape index (κ1) is 20.6. The molecule has 0 amide bonds. The Bertz CT molecular complexity index is 921. The Kier molecular flexibility index (Phi) is 5.75. The van der Waals surface area contributed by atoms with Crippen LogP contribution >= 0.6 is 0 Å². The van der Waals surface area contributed by atoms with E-state index in [-0.39, 0.29) is 12.4 Å². The molecule has 0 radical (unpaired) electrons. The number of phenolic OH excluding ortho intramolecular Hbond substituents is 1. The molecule has 164 valence electrons. The number of fused-ring (bicyclic) bond motifs is 1. The van der Waals surface area contributed by atoms with Gasteiger partial charge in [0.2, 0.25) is 0 Å². The van der Waals surface area contributed by atoms with Crippen molar-refractivity contribution < 1.29 is 14.6 Å². The van der Waals surface area contributed by atoms with E-state index in [1.54, 1.807) is 0 Å². The highest BCUT2D eigenvalue weighted by Gasteiger charge is 2.59. The molecular weight excluding hydrogens is 386 g/mol. The first-order valence-electron chi connectivity index (χ1n) is 11.9. The van der Waals surface area contributed by atoms with E-state index in [2.05, 4.69) is 42.2 Å². The first-order chi connectivity index (χ1) is 15.1. The third-order valence-corrected chi connectivity index (χ3v) is 7.92. The Labute approximate surface area is 185 Å². The van der Waals surface area contributed by atoms with Gasteiger partial charge in [0.05, 0.1) is 13.0 Å². The van der Waals surface area contributed by atoms with Gasteiger partial charge in [0.1, 0.15) is 5.75 Å². The van der Waals surface area contributed by atoms with Gasteiger partial charge in [-0.3, -0.25) is 9.69 Å². The van der Waals surface area contributed by atoms with Crippen LogP contribution in [0.1, 0.15) is 55.2 Å². The molecule has 0 aromatic heterocycles. The van der Waals surface area contributed by atoms with Gasteiger partial charge in [0.25, 0.3) is 0 Å². The Balaban J connectivity index is 1.11. The third kappa shape index (κ3) is 4.23. The van der Waals surface area contributed by atoms with Crippen LogP contribution in [0.4, 0.5) is 0 Å². The van der Waals surface area contributed by atoms with Crippen LogP contribution < -0.4 is 0 Å². The summed E-state index contributed by atoms with van der Waals surface area (Å²) in [7, 11) is 0. The van der Waals surface area contributed by atoms with Gasteiger partial charge in [-0.25, -0.2) is 0 Å². The van der Waals surface area contributed by atoms with Gasteiger partial charge in [-0.1, -0.05) is 61.4 Å². The number of rotatable bonds is 7. The van der Waals surface area contributed by atoms with Crippen LogP contribution in [0.2, 0.25) is 0 Å². The van der Waals surface area contributed by atoms with Crippen molar-refractivity contribution in [3.05, 3.63) is 65.2 Å². The van der Waals surface area contributed by atoms with E-state index in [4.69, 9.17) is 4.74 Å². The number of piperidine rings is 1. The highest BCUT2D eigenvalue weighted by Crippen LogP contribution is 2.55. The molecule has 1 N–H and O–H groups in total. The van der Waals surface area contributed by atoms with Crippen LogP contribution in [0, 0.1) is 17.8 Å². The molecule has 4 nitrogen and oxygen atoms in total. The van der Waals surface area contributed by atoms with Gasteiger partial charge in [0, 0.05) is 30.6 Å². The predicted molar refractivity (Wildman–Crippen MR) is 121 cm³/mol. The number of phenols is 1. The molecule has 2 aromatic rings. The molecule has 3 aliphatic rings. The number of carbonyl (C=O) groups is 1. The lowest BCUT2D eigenvalue weighted by molar-refractivity contribution is -0.143. The number of likely N-dealkylation sites (tertiary alicyclic amines) is 1. The van der Waals surface area contributed by atoms with Crippen molar-refractivity contribution in [1.82, 2.24) is 4.90 Å². The minimum absolute atomic E-state index is 0.157. The number of nitrogens with zero attached hydrogens (tertiary/aromatic N) is 1. The van der Waals surface area contributed by atoms with Crippen molar-refractivity contribution in [2.24, 2.45) is 17.8 Å². The van der Waals surface area contributed by atoms with Gasteiger partial charge in [-0.05, 0) is 48.6 Å². The van der Waals surface area contributed by atoms with Crippen LogP contribution in [-0.2, 0) is 22.5 Å². The number of para-hydroxylation sites is 1. The van der Waals surface area contributed by atoms with Crippen LogP contribution in [0.5, 0.6) is 5.75 Å². The number of benzene rings is 2. The maximum Gasteiger partial charge on any atom is 0.310 e. The molecule has 2 saturated carbocycles. The zero-order valence-electron chi connectivity index (χ0n) is 18.4. The number of hydrogen-bond acceptors (Lipinski definition) is 4. The molecule has 5 rings (SSSR count). The number of aromatic hydroxyl groups is 1. The summed E-state index contributed by atoms with van der Waals surface area (Å²) >= 11 is 0. The molecule has 1 saturated heterocycles. The molecule has 3 fully saturated rings. The maximum atomic E-state index is 12.5. The van der Waals surface area contributed by atoms with E-state index in [9.17, 15) is 9.90 Å². The first-order valence-corrected chi connectivity index (χ1v) is 11.9. The molecular formula is C27H33NO3. The quantitative estimate of drug-likeness (QED) is 0.649. The second-order valence-corrected chi connectivity index (χ2v) is 9.76. The topological polar surface area (TPSA) is 49.8 Å². The van der Waals surface area contributed by atoms with Gasteiger partial charge in [-0.15, -0.1) is 0 Å². The minimum Gasteiger partial charge on any atom is -0.507 e. The lowest BCUT2D eigenvalue weighted by Gasteiger charge is -2.26. The average molecular weight is 420 g/mol. The minimum atomic E-state index is -0.224. The van der Waals surface area contributed by atoms with E-state index in [0.29, 0.717) is 47.6 Å². The van der Waals surface area contributed by atoms with Crippen LogP contribution in [0.15, 0.2) is 48.5 Å². The summed E-state index contributed by atoms with van der Waals surface area (Å²) in [4.78, 5) is 15.0. The smallest absolute Gasteiger partial charge is 0.310 e. The van der Waals surface area contributed by atoms with Crippen molar-refractivity contribution in [2.45, 2.75) is 57.5 Å². The van der Waals surface area contributed by atoms with E-state index >= 15 is 0 Å². The van der Waals surface area contributed by atoms with E-state index in [1.807, 2.05) is 18.2 Å². The Morgan fingerprint density at radius 3 is 2.58 bits per heavy atom. The van der Waals surface area contributed by atoms with E-state index in [1.165, 1.54) is 18.4 Å². The summed E-state index contributed by atoms with van der Waals surface area (Å²) in [6.07, 6.45) is 4.86. The number of carbonyl (C=O) groups excluding carboxylic acids is 1. The SMILES string of the molecule is CC1C2C(COC(=O)Cc3cccc(C4CCCC4)c3O)C2CN1Cc1ccccc1. The summed E-state index contributed by atoms with van der Waals surface area (Å²) < 4.78 is 5.66. The molecule has 1 aliphatic heterocycles. The van der Waals surface area contributed by atoms with Gasteiger partial charge in [-0.2, -0.15) is 0 Å². The maximum absolute atomic E-state index is 12.5. The number of esters is 1. The molecule has 0 bridgehead atoms. The molecule has 1 heterocycles. The number of hydrogen-bond donors (Lipinski definition) is 1. The molecule has 2 aromatic carbocycles. The highest BCUT2D eigenvalue weighted by atomic mass is 16.5. The van der Waals surface area contributed by atoms with Crippen molar-refractivity contribution in [3.8, 4) is 5.75 Å². The predicted octanol–water partition coefficient (Wildman–Crippen LogP) is 4.90. The Morgan fingerprint density at radius 1 is 1.10 bits per heavy atom. The van der Waals surface area contributed by atoms with Crippen molar-refractivity contribution in [1.29, 1.82) is 0 Å². The molecule has 4 unspecified atom stereocenters. The number of ether oxygens (including phenoxy) is 1. The second kappa shape index (κ2) is 8.66. The normalized spacial score (nSPS) is 27.9. The average Bonchev–Trinajstić information content (AvgIpc) is 3.07. The van der Waals surface area contributed by atoms with Crippen molar-refractivity contribution in [2.75, 3.05) is 13.2 Å². The molecule has 4 atom stereocenters. The van der Waals surface area contributed by atoms with E-state index < -0.39 is 0 Å². The van der Waals surface area contributed by atoms with Crippen LogP contribution in [0.25, 0.3) is 0 Å². The largest absolute Gasteiger partial charge is 0.507 e. The molecule has 0 spiro atoms. The zero-order valence-corrected chi connectivity index (χ0v) is 18.4. The molecule has 31 heavy (non-hydrogen) atoms. The molecule has 4 heteroatoms. The third-order valence-electron chi connectivity index (χ3n) is 7.92. The fraction of sp³-hybridized carbons (Fsp3) is 0.519. The van der Waals surface area contributed by atoms with Crippen LogP contribution in [-0.4, -0.2) is 35.2 Å².